The van der Waals surface area contributed by atoms with Crippen LogP contribution in [-0.2, 0) is 47.7 Å². The molecule has 32 heavy (non-hydrogen) atoms. The summed E-state index contributed by atoms with van der Waals surface area (Å²) in [7, 11) is -9.70. The van der Waals surface area contributed by atoms with E-state index >= 15 is 0 Å². The van der Waals surface area contributed by atoms with Crippen molar-refractivity contribution < 1.29 is 62.0 Å². The summed E-state index contributed by atoms with van der Waals surface area (Å²) in [6.07, 6.45) is 0.982. The second-order valence-electron chi connectivity index (χ2n) is 5.73. The molecule has 0 fully saturated rings. The summed E-state index contributed by atoms with van der Waals surface area (Å²) in [5.74, 6) is 0. The Kier molecular flexibility index (Phi) is 12.6. The third kappa shape index (κ3) is 10.7. The predicted molar refractivity (Wildman–Crippen MR) is 101 cm³/mol. The van der Waals surface area contributed by atoms with Crippen LogP contribution in [0.25, 0.3) is 4.13 Å². The van der Waals surface area contributed by atoms with Crippen LogP contribution in [0.2, 0.25) is 0 Å². The fourth-order valence-electron chi connectivity index (χ4n) is 1.59. The lowest BCUT2D eigenvalue weighted by Crippen LogP contribution is -2.30. The Bertz CT molecular complexity index is 857. The van der Waals surface area contributed by atoms with Crippen LogP contribution in [0.15, 0.2) is 5.51 Å². The largest absolute Gasteiger partial charge is 0.480 e. The van der Waals surface area contributed by atoms with E-state index in [-0.39, 0.29) is 0 Å². The summed E-state index contributed by atoms with van der Waals surface area (Å²) >= 11 is 1.79. The normalized spacial score (nSPS) is 13.0. The standard InChI is InChI=1S/C12H22NO3S.C2F6NO4S2/c1-11-12(17-10-13(11)2)4-5-15-8-9-16-7-6-14-3;3-1(4,5)14(10,11)9-15(12,13)2(6,7)8/h10H,4-9H2,1-3H3;/q+1;-1. The first kappa shape index (κ1) is 30.9. The summed E-state index contributed by atoms with van der Waals surface area (Å²) in [5.41, 5.74) is -8.95. The highest BCUT2D eigenvalue weighted by molar-refractivity contribution is 8.13. The fourth-order valence-corrected chi connectivity index (χ4v) is 4.26. The van der Waals surface area contributed by atoms with Gasteiger partial charge in [0.25, 0.3) is 0 Å². The zero-order chi connectivity index (χ0) is 25.2. The molecular weight excluding hydrogens is 518 g/mol. The van der Waals surface area contributed by atoms with E-state index in [0.29, 0.717) is 26.4 Å². The van der Waals surface area contributed by atoms with Gasteiger partial charge in [0.15, 0.2) is 25.7 Å². The van der Waals surface area contributed by atoms with Crippen molar-refractivity contribution >= 4 is 31.4 Å². The highest BCUT2D eigenvalue weighted by atomic mass is 32.3. The Hall–Kier alpha value is -1.05. The Morgan fingerprint density at radius 1 is 0.906 bits per heavy atom. The van der Waals surface area contributed by atoms with E-state index in [1.54, 1.807) is 18.4 Å². The zero-order valence-corrected chi connectivity index (χ0v) is 19.5. The maximum atomic E-state index is 11.4. The molecule has 0 spiro atoms. The summed E-state index contributed by atoms with van der Waals surface area (Å²) in [4.78, 5) is 1.40. The summed E-state index contributed by atoms with van der Waals surface area (Å²) in [6.45, 7) is 5.47. The molecule has 0 bridgehead atoms. The van der Waals surface area contributed by atoms with Gasteiger partial charge in [-0.15, -0.1) is 0 Å². The number of hydrogen-bond donors (Lipinski definition) is 0. The summed E-state index contributed by atoms with van der Waals surface area (Å²) < 4.78 is 127. The van der Waals surface area contributed by atoms with Crippen molar-refractivity contribution in [1.82, 2.24) is 0 Å². The average molecular weight is 541 g/mol. The lowest BCUT2D eigenvalue weighted by molar-refractivity contribution is -0.673. The molecule has 0 aliphatic rings. The Morgan fingerprint density at radius 2 is 1.34 bits per heavy atom. The number of aromatic nitrogens is 1. The van der Waals surface area contributed by atoms with Gasteiger partial charge in [-0.3, -0.25) is 0 Å². The van der Waals surface area contributed by atoms with E-state index in [4.69, 9.17) is 14.2 Å². The van der Waals surface area contributed by atoms with Gasteiger partial charge in [0.05, 0.1) is 37.9 Å². The second-order valence-corrected chi connectivity index (χ2v) is 10.1. The number of thiazole rings is 1. The quantitative estimate of drug-likeness (QED) is 0.240. The maximum absolute atomic E-state index is 11.4. The van der Waals surface area contributed by atoms with Crippen molar-refractivity contribution in [3.8, 4) is 0 Å². The van der Waals surface area contributed by atoms with Crippen LogP contribution in [0, 0.1) is 6.92 Å². The van der Waals surface area contributed by atoms with Crippen molar-refractivity contribution in [2.45, 2.75) is 24.4 Å². The summed E-state index contributed by atoms with van der Waals surface area (Å²) in [6, 6.07) is 0. The van der Waals surface area contributed by atoms with Crippen molar-refractivity contribution in [3.05, 3.63) is 20.2 Å². The first-order chi connectivity index (χ1) is 14.5. The molecule has 0 saturated heterocycles. The second kappa shape index (κ2) is 13.0. The van der Waals surface area contributed by atoms with Crippen LogP contribution >= 0.6 is 11.3 Å². The van der Waals surface area contributed by atoms with E-state index in [0.717, 1.165) is 17.2 Å². The minimum Gasteiger partial charge on any atom is -0.421 e. The number of ether oxygens (including phenoxy) is 3. The SMILES string of the molecule is COCCOCCOCCc1sc[n+](C)c1C.O=S(=O)([N-]S(=O)(=O)C(F)(F)F)C(F)(F)F. The molecule has 0 N–H and O–H groups in total. The molecule has 1 aromatic heterocycles. The first-order valence-corrected chi connectivity index (χ1v) is 12.2. The number of methoxy groups -OCH3 is 1. The van der Waals surface area contributed by atoms with Crippen LogP contribution in [0.3, 0.4) is 0 Å². The number of rotatable bonds is 11. The molecule has 0 radical (unpaired) electrons. The highest BCUT2D eigenvalue weighted by Crippen LogP contribution is 2.36. The number of aryl methyl sites for hydroxylation is 1. The maximum Gasteiger partial charge on any atom is 0.480 e. The number of halogens is 6. The van der Waals surface area contributed by atoms with Crippen molar-refractivity contribution in [3.63, 3.8) is 0 Å². The number of sulfonamides is 2. The molecule has 0 amide bonds. The van der Waals surface area contributed by atoms with E-state index in [1.165, 1.54) is 10.6 Å². The van der Waals surface area contributed by atoms with Gasteiger partial charge >= 0.3 is 11.0 Å². The minimum absolute atomic E-state index is 0.639. The third-order valence-electron chi connectivity index (χ3n) is 3.34. The highest BCUT2D eigenvalue weighted by Gasteiger charge is 2.46. The lowest BCUT2D eigenvalue weighted by Gasteiger charge is -2.22. The molecule has 9 nitrogen and oxygen atoms in total. The predicted octanol–water partition coefficient (Wildman–Crippen LogP) is 2.16. The monoisotopic (exact) mass is 540 g/mol. The van der Waals surface area contributed by atoms with Gasteiger partial charge < -0.3 is 18.3 Å². The number of hydrogen-bond acceptors (Lipinski definition) is 8. The molecule has 18 heteroatoms. The van der Waals surface area contributed by atoms with Crippen LogP contribution in [0.5, 0.6) is 0 Å². The molecule has 0 aliphatic carbocycles. The molecule has 0 unspecified atom stereocenters. The molecule has 0 atom stereocenters. The smallest absolute Gasteiger partial charge is 0.421 e. The van der Waals surface area contributed by atoms with Gasteiger partial charge in [-0.1, -0.05) is 11.3 Å². The van der Waals surface area contributed by atoms with Crippen LogP contribution in [0.4, 0.5) is 26.3 Å². The number of alkyl halides is 6. The summed E-state index contributed by atoms with van der Waals surface area (Å²) in [5, 5.41) is 0. The Balaban J connectivity index is 0.000000607. The van der Waals surface area contributed by atoms with Gasteiger partial charge in [-0.25, -0.2) is 16.8 Å². The van der Waals surface area contributed by atoms with Crippen LogP contribution in [0.1, 0.15) is 10.6 Å². The number of nitrogens with zero attached hydrogens (tertiary/aromatic N) is 2. The Morgan fingerprint density at radius 3 is 1.72 bits per heavy atom. The van der Waals surface area contributed by atoms with Crippen molar-refractivity contribution in [2.24, 2.45) is 7.05 Å². The van der Waals surface area contributed by atoms with Gasteiger partial charge in [-0.05, 0) is 0 Å². The minimum atomic E-state index is -6.72. The zero-order valence-electron chi connectivity index (χ0n) is 17.1. The molecule has 0 saturated carbocycles. The lowest BCUT2D eigenvalue weighted by atomic mass is 10.3. The Labute approximate surface area is 185 Å². The molecule has 190 valence electrons. The van der Waals surface area contributed by atoms with Crippen molar-refractivity contribution in [2.75, 3.05) is 40.1 Å². The molecule has 0 aliphatic heterocycles. The third-order valence-corrected chi connectivity index (χ3v) is 7.29. The van der Waals surface area contributed by atoms with Gasteiger partial charge in [0.2, 0.25) is 5.51 Å². The van der Waals surface area contributed by atoms with Gasteiger partial charge in [0, 0.05) is 20.5 Å². The van der Waals surface area contributed by atoms with Gasteiger partial charge in [-0.2, -0.15) is 30.9 Å². The van der Waals surface area contributed by atoms with E-state index in [1.807, 2.05) is 0 Å². The molecule has 1 rings (SSSR count). The van der Waals surface area contributed by atoms with Gasteiger partial charge in [0.1, 0.15) is 7.05 Å². The molecule has 1 aromatic rings. The van der Waals surface area contributed by atoms with E-state index in [2.05, 4.69) is 24.0 Å². The van der Waals surface area contributed by atoms with E-state index in [9.17, 15) is 43.2 Å². The van der Waals surface area contributed by atoms with Crippen molar-refractivity contribution in [1.29, 1.82) is 0 Å². The first-order valence-electron chi connectivity index (χ1n) is 8.40. The van der Waals surface area contributed by atoms with Crippen LogP contribution < -0.4 is 4.57 Å². The molecule has 0 aromatic carbocycles. The molecular formula is C14H22F6N2O7S3. The topological polar surface area (TPSA) is 114 Å². The van der Waals surface area contributed by atoms with Crippen LogP contribution in [-0.4, -0.2) is 68.0 Å². The molecule has 1 heterocycles. The average Bonchev–Trinajstić information content (AvgIpc) is 2.94. The fraction of sp³-hybridized carbons (Fsp3) is 0.786. The van der Waals surface area contributed by atoms with E-state index < -0.39 is 31.1 Å².